The number of hydrogen-bond acceptors (Lipinski definition) is 15. The third kappa shape index (κ3) is 13.9. The van der Waals surface area contributed by atoms with Crippen molar-refractivity contribution >= 4 is 58.5 Å². The molecule has 6 amide bonds. The molecule has 4 saturated heterocycles. The number of aromatic nitrogens is 5. The van der Waals surface area contributed by atoms with Gasteiger partial charge in [-0.1, -0.05) is 75.8 Å². The highest BCUT2D eigenvalue weighted by atomic mass is 16.2. The van der Waals surface area contributed by atoms with Gasteiger partial charge < -0.3 is 31.1 Å². The van der Waals surface area contributed by atoms with Crippen LogP contribution < -0.4 is 36.4 Å². The molecule has 1 unspecified atom stereocenters. The van der Waals surface area contributed by atoms with E-state index in [-0.39, 0.29) is 41.3 Å². The number of benzene rings is 2. The molecule has 20 nitrogen and oxygen atoms in total. The summed E-state index contributed by atoms with van der Waals surface area (Å²) in [6.07, 6.45) is 17.6. The molecule has 2 aromatic heterocycles. The van der Waals surface area contributed by atoms with E-state index in [2.05, 4.69) is 99.7 Å². The van der Waals surface area contributed by atoms with Gasteiger partial charge in [-0.2, -0.15) is 0 Å². The van der Waals surface area contributed by atoms with Crippen LogP contribution in [0.5, 0.6) is 0 Å². The van der Waals surface area contributed by atoms with E-state index in [0.717, 1.165) is 139 Å². The molecule has 0 radical (unpaired) electrons. The summed E-state index contributed by atoms with van der Waals surface area (Å²) in [5, 5.41) is 23.8. The maximum absolute atomic E-state index is 13.4. The molecule has 7 heterocycles. The Kier molecular flexibility index (Phi) is 17.6. The van der Waals surface area contributed by atoms with E-state index in [9.17, 15) is 28.8 Å². The second-order valence-corrected chi connectivity index (χ2v) is 22.3. The van der Waals surface area contributed by atoms with Gasteiger partial charge in [0, 0.05) is 76.1 Å². The molecule has 5 aliphatic heterocycles. The predicted molar refractivity (Wildman–Crippen MR) is 289 cm³/mol. The van der Waals surface area contributed by atoms with Crippen molar-refractivity contribution in [1.29, 1.82) is 0 Å². The molecule has 20 heteroatoms. The quantitative estimate of drug-likeness (QED) is 0.0412. The molecule has 0 bridgehead atoms. The van der Waals surface area contributed by atoms with Crippen LogP contribution in [0.4, 0.5) is 23.0 Å². The lowest BCUT2D eigenvalue weighted by Crippen LogP contribution is -2.66. The van der Waals surface area contributed by atoms with E-state index in [1.54, 1.807) is 24.5 Å². The van der Waals surface area contributed by atoms with Crippen molar-refractivity contribution in [2.75, 3.05) is 72.8 Å². The minimum Gasteiger partial charge on any atom is -0.379 e. The van der Waals surface area contributed by atoms with Crippen LogP contribution in [0.1, 0.15) is 149 Å². The van der Waals surface area contributed by atoms with Crippen LogP contribution in [-0.2, 0) is 38.8 Å². The fraction of sp³-hybridized carbons (Fsp3) is 0.571. The van der Waals surface area contributed by atoms with Gasteiger partial charge in [0.15, 0.2) is 0 Å². The fourth-order valence-corrected chi connectivity index (χ4v) is 11.2. The molecule has 1 spiro atoms. The third-order valence-electron chi connectivity index (χ3n) is 15.9. The van der Waals surface area contributed by atoms with Gasteiger partial charge in [-0.05, 0) is 99.7 Å². The average Bonchev–Trinajstić information content (AvgIpc) is 4.02. The predicted octanol–water partition coefficient (Wildman–Crippen LogP) is 5.81. The summed E-state index contributed by atoms with van der Waals surface area (Å²) in [7, 11) is 0. The maximum Gasteiger partial charge on any atom is 0.264 e. The molecule has 0 saturated carbocycles. The zero-order valence-corrected chi connectivity index (χ0v) is 44.4. The topological polar surface area (TPSA) is 232 Å². The number of carbonyl (C=O) groups excluding carboxylic acids is 6. The first-order valence-electron chi connectivity index (χ1n) is 27.7. The Morgan fingerprint density at radius 2 is 1.53 bits per heavy atom. The second-order valence-electron chi connectivity index (χ2n) is 22.3. The Morgan fingerprint density at radius 3 is 2.29 bits per heavy atom. The summed E-state index contributed by atoms with van der Waals surface area (Å²) in [4.78, 5) is 93.3. The zero-order chi connectivity index (χ0) is 53.1. The van der Waals surface area contributed by atoms with E-state index >= 15 is 0 Å². The molecule has 1 atom stereocenters. The first-order valence-corrected chi connectivity index (χ1v) is 27.7. The highest BCUT2D eigenvalue weighted by molar-refractivity contribution is 6.25. The summed E-state index contributed by atoms with van der Waals surface area (Å²) < 4.78 is 1.82. The molecule has 5 N–H and O–H groups in total. The normalized spacial score (nSPS) is 19.4. The highest BCUT2D eigenvalue weighted by Crippen LogP contribution is 2.35. The standard InChI is InChI=1S/C56H76N14O6/c1-55(2)22-29-66(30-23-55)35-40-16-18-42(19-17-40)68-37-50(73)63-56(38-68)24-31-67(32-25-56)47-33-46(60-39-61-47)57-26-12-27-58-48(71)15-9-7-5-3-4-6-8-10-28-69-36-41(64-65-69)34-59-44-14-11-13-43-51(44)54(76)70(53(43)75)45-20-21-49(72)62-52(45)74/h11,13-14,16-19,33,36,39,45,59H,3-10,12,15,20-32,34-35,37-38H2,1-2H3,(H,58,71)(H,63,73)(H,57,60,61)(H,62,72,74). The third-order valence-corrected chi connectivity index (χ3v) is 15.9. The van der Waals surface area contributed by atoms with Gasteiger partial charge in [0.1, 0.15) is 29.7 Å². The van der Waals surface area contributed by atoms with Gasteiger partial charge >= 0.3 is 0 Å². The van der Waals surface area contributed by atoms with Crippen molar-refractivity contribution in [3.05, 3.63) is 83.4 Å². The molecule has 9 rings (SSSR count). The van der Waals surface area contributed by atoms with Crippen LogP contribution >= 0.6 is 0 Å². The minimum absolute atomic E-state index is 0.0630. The fourth-order valence-electron chi connectivity index (χ4n) is 11.2. The first kappa shape index (κ1) is 53.9. The second kappa shape index (κ2) is 24.8. The number of likely N-dealkylation sites (tertiary alicyclic amines) is 1. The van der Waals surface area contributed by atoms with Crippen molar-refractivity contribution in [3.63, 3.8) is 0 Å². The minimum atomic E-state index is -1.02. The summed E-state index contributed by atoms with van der Waals surface area (Å²) in [6, 6.07) is 14.8. The van der Waals surface area contributed by atoms with Gasteiger partial charge in [0.25, 0.3) is 11.8 Å². The van der Waals surface area contributed by atoms with Crippen molar-refractivity contribution < 1.29 is 28.8 Å². The number of fused-ring (bicyclic) bond motifs is 1. The van der Waals surface area contributed by atoms with Crippen molar-refractivity contribution in [2.45, 2.75) is 148 Å². The number of piperazine rings is 1. The molecule has 5 aliphatic rings. The van der Waals surface area contributed by atoms with E-state index in [0.29, 0.717) is 49.4 Å². The van der Waals surface area contributed by atoms with Gasteiger partial charge in [-0.3, -0.25) is 48.6 Å². The summed E-state index contributed by atoms with van der Waals surface area (Å²) in [5.41, 5.74) is 4.18. The van der Waals surface area contributed by atoms with Gasteiger partial charge in [0.05, 0.1) is 36.0 Å². The smallest absolute Gasteiger partial charge is 0.264 e. The van der Waals surface area contributed by atoms with Crippen LogP contribution in [0.15, 0.2) is 61.1 Å². The van der Waals surface area contributed by atoms with E-state index < -0.39 is 29.7 Å². The number of amides is 6. The van der Waals surface area contributed by atoms with E-state index in [4.69, 9.17) is 0 Å². The Morgan fingerprint density at radius 1 is 0.776 bits per heavy atom. The lowest BCUT2D eigenvalue weighted by Gasteiger charge is -2.48. The molecule has 406 valence electrons. The number of imide groups is 2. The van der Waals surface area contributed by atoms with E-state index in [1.165, 1.54) is 18.4 Å². The van der Waals surface area contributed by atoms with Gasteiger partial charge in [0.2, 0.25) is 23.6 Å². The average molecular weight is 1040 g/mol. The Hall–Kier alpha value is -6.96. The van der Waals surface area contributed by atoms with Crippen molar-refractivity contribution in [2.24, 2.45) is 5.41 Å². The van der Waals surface area contributed by atoms with Crippen LogP contribution in [-0.4, -0.2) is 134 Å². The molecule has 76 heavy (non-hydrogen) atoms. The Bertz CT molecular complexity index is 2690. The molecule has 4 aromatic rings. The number of piperidine rings is 3. The summed E-state index contributed by atoms with van der Waals surface area (Å²) >= 11 is 0. The highest BCUT2D eigenvalue weighted by Gasteiger charge is 2.46. The number of nitrogens with one attached hydrogen (secondary N) is 5. The van der Waals surface area contributed by atoms with Gasteiger partial charge in [-0.15, -0.1) is 5.10 Å². The molecular formula is C56H76N14O6. The first-order chi connectivity index (χ1) is 36.8. The number of carbonyl (C=O) groups is 6. The number of unbranched alkanes of at least 4 members (excludes halogenated alkanes) is 7. The Labute approximate surface area is 445 Å². The number of rotatable bonds is 24. The number of hydrogen-bond donors (Lipinski definition) is 5. The van der Waals surface area contributed by atoms with Gasteiger partial charge in [-0.25, -0.2) is 9.97 Å². The molecular weight excluding hydrogens is 965 g/mol. The van der Waals surface area contributed by atoms with Crippen LogP contribution in [0, 0.1) is 5.41 Å². The van der Waals surface area contributed by atoms with Crippen molar-refractivity contribution in [1.82, 2.24) is 50.7 Å². The molecule has 2 aromatic carbocycles. The van der Waals surface area contributed by atoms with E-state index in [1.807, 2.05) is 16.9 Å². The zero-order valence-electron chi connectivity index (χ0n) is 44.4. The Balaban J connectivity index is 0.585. The number of nitrogens with zero attached hydrogens (tertiary/aromatic N) is 9. The lowest BCUT2D eigenvalue weighted by molar-refractivity contribution is -0.136. The van der Waals surface area contributed by atoms with Crippen LogP contribution in [0.25, 0.3) is 0 Å². The molecule has 0 aliphatic carbocycles. The number of aryl methyl sites for hydroxylation is 1. The largest absolute Gasteiger partial charge is 0.379 e. The lowest BCUT2D eigenvalue weighted by atomic mass is 9.82. The maximum atomic E-state index is 13.4. The SMILES string of the molecule is CC1(C)CCN(Cc2ccc(N3CC(=O)NC4(CCN(c5cc(NCCCNC(=O)CCCCCCCCCCn6cc(CNc7cccc8c7C(=O)N(C7CCC(=O)NC7=O)C8=O)nn6)ncn5)CC4)C3)cc2)CC1. The number of anilines is 4. The van der Waals surface area contributed by atoms with Crippen LogP contribution in [0.2, 0.25) is 0 Å². The monoisotopic (exact) mass is 1040 g/mol. The summed E-state index contributed by atoms with van der Waals surface area (Å²) in [5.74, 6) is -0.360. The summed E-state index contributed by atoms with van der Waals surface area (Å²) in [6.45, 7) is 13.1. The van der Waals surface area contributed by atoms with Crippen molar-refractivity contribution in [3.8, 4) is 0 Å². The van der Waals surface area contributed by atoms with Crippen LogP contribution in [0.3, 0.4) is 0 Å². The molecule has 4 fully saturated rings.